The number of rotatable bonds is 5. The summed E-state index contributed by atoms with van der Waals surface area (Å²) in [5.41, 5.74) is 2.39. The number of benzene rings is 2. The maximum Gasteiger partial charge on any atom is 0.337 e. The third kappa shape index (κ3) is 5.07. The largest absolute Gasteiger partial charge is 0.465 e. The predicted molar refractivity (Wildman–Crippen MR) is 102 cm³/mol. The zero-order valence-corrected chi connectivity index (χ0v) is 15.8. The first kappa shape index (κ1) is 19.4. The van der Waals surface area contributed by atoms with Gasteiger partial charge in [0, 0.05) is 11.1 Å². The third-order valence-electron chi connectivity index (χ3n) is 4.51. The number of carbonyl (C=O) groups excluding carboxylic acids is 2. The van der Waals surface area contributed by atoms with Gasteiger partial charge in [0.15, 0.2) is 0 Å². The van der Waals surface area contributed by atoms with Crippen LogP contribution in [0.3, 0.4) is 0 Å². The molecule has 0 unspecified atom stereocenters. The first-order chi connectivity index (χ1) is 13.1. The summed E-state index contributed by atoms with van der Waals surface area (Å²) in [4.78, 5) is 25.6. The first-order valence-corrected chi connectivity index (χ1v) is 9.14. The molecule has 0 radical (unpaired) electrons. The summed E-state index contributed by atoms with van der Waals surface area (Å²) >= 11 is 6.13. The van der Waals surface area contributed by atoms with Gasteiger partial charge in [0.25, 0.3) is 5.91 Å². The van der Waals surface area contributed by atoms with Crippen LogP contribution in [0.2, 0.25) is 5.02 Å². The second kappa shape index (κ2) is 8.99. The zero-order valence-electron chi connectivity index (χ0n) is 15.1. The molecule has 1 amide bonds. The molecule has 27 heavy (non-hydrogen) atoms. The molecular weight excluding hydrogens is 368 g/mol. The number of esters is 1. The van der Waals surface area contributed by atoms with Crippen LogP contribution in [-0.4, -0.2) is 45.3 Å². The Kier molecular flexibility index (Phi) is 6.45. The van der Waals surface area contributed by atoms with E-state index in [1.54, 1.807) is 24.3 Å². The minimum Gasteiger partial charge on any atom is -0.465 e. The molecular formula is C20H22ClN2O4+. The molecule has 0 aromatic heterocycles. The molecule has 0 atom stereocenters. The third-order valence-corrected chi connectivity index (χ3v) is 4.84. The van der Waals surface area contributed by atoms with Crippen molar-refractivity contribution in [2.24, 2.45) is 0 Å². The van der Waals surface area contributed by atoms with E-state index < -0.39 is 5.97 Å². The van der Waals surface area contributed by atoms with Gasteiger partial charge in [0.1, 0.15) is 19.6 Å². The Balaban J connectivity index is 1.66. The van der Waals surface area contributed by atoms with Crippen molar-refractivity contribution in [1.82, 2.24) is 0 Å². The maximum atomic E-state index is 12.5. The molecule has 1 aliphatic heterocycles. The molecule has 6 nitrogen and oxygen atoms in total. The summed E-state index contributed by atoms with van der Waals surface area (Å²) in [5.74, 6) is -0.777. The second-order valence-corrected chi connectivity index (χ2v) is 6.78. The van der Waals surface area contributed by atoms with Crippen LogP contribution in [0.5, 0.6) is 0 Å². The van der Waals surface area contributed by atoms with E-state index in [0.29, 0.717) is 21.8 Å². The Bertz CT molecular complexity index is 817. The summed E-state index contributed by atoms with van der Waals surface area (Å²) in [6.45, 7) is 4.50. The van der Waals surface area contributed by atoms with Gasteiger partial charge in [0.2, 0.25) is 0 Å². The van der Waals surface area contributed by atoms with Crippen LogP contribution in [0.15, 0.2) is 42.5 Å². The highest BCUT2D eigenvalue weighted by atomic mass is 35.5. The fraction of sp³-hybridized carbons (Fsp3) is 0.300. The number of halogens is 1. The van der Waals surface area contributed by atoms with E-state index in [4.69, 9.17) is 21.1 Å². The van der Waals surface area contributed by atoms with Crippen LogP contribution in [-0.2, 0) is 16.0 Å². The summed E-state index contributed by atoms with van der Waals surface area (Å²) in [7, 11) is 1.30. The van der Waals surface area contributed by atoms with Crippen molar-refractivity contribution in [1.29, 1.82) is 0 Å². The van der Waals surface area contributed by atoms with Crippen LogP contribution >= 0.6 is 11.6 Å². The van der Waals surface area contributed by atoms with Crippen molar-refractivity contribution in [3.63, 3.8) is 0 Å². The lowest BCUT2D eigenvalue weighted by Crippen LogP contribution is -3.12. The van der Waals surface area contributed by atoms with Crippen molar-refractivity contribution >= 4 is 29.2 Å². The Hall–Kier alpha value is -2.41. The van der Waals surface area contributed by atoms with Crippen LogP contribution in [0.4, 0.5) is 5.69 Å². The Labute approximate surface area is 163 Å². The number of anilines is 1. The monoisotopic (exact) mass is 389 g/mol. The highest BCUT2D eigenvalue weighted by Crippen LogP contribution is 2.24. The van der Waals surface area contributed by atoms with Gasteiger partial charge in [-0.05, 0) is 30.3 Å². The zero-order chi connectivity index (χ0) is 19.2. The van der Waals surface area contributed by atoms with Crippen molar-refractivity contribution in [3.8, 4) is 0 Å². The predicted octanol–water partition coefficient (Wildman–Crippen LogP) is 1.79. The van der Waals surface area contributed by atoms with Crippen LogP contribution in [0.1, 0.15) is 26.3 Å². The second-order valence-electron chi connectivity index (χ2n) is 6.38. The fourth-order valence-corrected chi connectivity index (χ4v) is 3.12. The Morgan fingerprint density at radius 2 is 1.78 bits per heavy atom. The van der Waals surface area contributed by atoms with Gasteiger partial charge in [-0.25, -0.2) is 4.79 Å². The van der Waals surface area contributed by atoms with Crippen molar-refractivity contribution in [2.75, 3.05) is 38.7 Å². The van der Waals surface area contributed by atoms with Gasteiger partial charge in [-0.15, -0.1) is 0 Å². The molecule has 1 aliphatic rings. The summed E-state index contributed by atoms with van der Waals surface area (Å²) < 4.78 is 10.1. The fourth-order valence-electron chi connectivity index (χ4n) is 2.96. The minimum absolute atomic E-state index is 0.288. The lowest BCUT2D eigenvalue weighted by Gasteiger charge is -2.23. The SMILES string of the molecule is COC(=O)c1ccc(Cl)c(NC(=O)c2ccc(C[NH+]3CCOCC3)cc2)c1. The molecule has 1 heterocycles. The highest BCUT2D eigenvalue weighted by Gasteiger charge is 2.15. The molecule has 1 fully saturated rings. The van der Waals surface area contributed by atoms with Gasteiger partial charge in [-0.2, -0.15) is 0 Å². The van der Waals surface area contributed by atoms with E-state index in [0.717, 1.165) is 32.8 Å². The topological polar surface area (TPSA) is 69.1 Å². The number of ether oxygens (including phenoxy) is 2. The number of carbonyl (C=O) groups is 2. The quantitative estimate of drug-likeness (QED) is 0.765. The van der Waals surface area contributed by atoms with E-state index in [1.807, 2.05) is 12.1 Å². The lowest BCUT2D eigenvalue weighted by molar-refractivity contribution is -0.921. The summed E-state index contributed by atoms with van der Waals surface area (Å²) in [6.07, 6.45) is 0. The molecule has 0 spiro atoms. The van der Waals surface area contributed by atoms with E-state index in [-0.39, 0.29) is 5.91 Å². The minimum atomic E-state index is -0.489. The van der Waals surface area contributed by atoms with Crippen molar-refractivity contribution < 1.29 is 24.0 Å². The van der Waals surface area contributed by atoms with Crippen molar-refractivity contribution in [2.45, 2.75) is 6.54 Å². The normalized spacial score (nSPS) is 14.6. The van der Waals surface area contributed by atoms with E-state index in [2.05, 4.69) is 5.32 Å². The Morgan fingerprint density at radius 3 is 2.44 bits per heavy atom. The first-order valence-electron chi connectivity index (χ1n) is 8.76. The average Bonchev–Trinajstić information content (AvgIpc) is 2.70. The number of hydrogen-bond acceptors (Lipinski definition) is 4. The standard InChI is InChI=1S/C20H21ClN2O4/c1-26-20(25)16-6-7-17(21)18(12-16)22-19(24)15-4-2-14(3-5-15)13-23-8-10-27-11-9-23/h2-7,12H,8-11,13H2,1H3,(H,22,24)/p+1. The maximum absolute atomic E-state index is 12.5. The van der Waals surface area contributed by atoms with E-state index >= 15 is 0 Å². The van der Waals surface area contributed by atoms with Crippen LogP contribution < -0.4 is 10.2 Å². The number of hydrogen-bond donors (Lipinski definition) is 2. The van der Waals surface area contributed by atoms with E-state index in [1.165, 1.54) is 23.6 Å². The van der Waals surface area contributed by atoms with Crippen molar-refractivity contribution in [3.05, 3.63) is 64.2 Å². The molecule has 2 aromatic rings. The van der Waals surface area contributed by atoms with Crippen LogP contribution in [0, 0.1) is 0 Å². The van der Waals surface area contributed by atoms with E-state index in [9.17, 15) is 9.59 Å². The van der Waals surface area contributed by atoms with Gasteiger partial charge >= 0.3 is 5.97 Å². The van der Waals surface area contributed by atoms with Crippen LogP contribution in [0.25, 0.3) is 0 Å². The number of amides is 1. The van der Waals surface area contributed by atoms with Gasteiger partial charge < -0.3 is 19.7 Å². The number of methoxy groups -OCH3 is 1. The number of quaternary nitrogens is 1. The molecule has 7 heteroatoms. The van der Waals surface area contributed by atoms with Gasteiger partial charge in [-0.1, -0.05) is 23.7 Å². The molecule has 3 rings (SSSR count). The number of nitrogens with one attached hydrogen (secondary N) is 2. The molecule has 0 saturated carbocycles. The average molecular weight is 390 g/mol. The highest BCUT2D eigenvalue weighted by molar-refractivity contribution is 6.34. The lowest BCUT2D eigenvalue weighted by atomic mass is 10.1. The smallest absolute Gasteiger partial charge is 0.337 e. The molecule has 2 aromatic carbocycles. The van der Waals surface area contributed by atoms with Gasteiger partial charge in [-0.3, -0.25) is 4.79 Å². The summed E-state index contributed by atoms with van der Waals surface area (Å²) in [6, 6.07) is 12.1. The molecule has 0 bridgehead atoms. The molecule has 1 saturated heterocycles. The molecule has 142 valence electrons. The summed E-state index contributed by atoms with van der Waals surface area (Å²) in [5, 5.41) is 3.10. The molecule has 0 aliphatic carbocycles. The number of morpholine rings is 1. The Morgan fingerprint density at radius 1 is 1.11 bits per heavy atom. The molecule has 2 N–H and O–H groups in total. The van der Waals surface area contributed by atoms with Gasteiger partial charge in [0.05, 0.1) is 36.6 Å².